The Kier molecular flexibility index (Phi) is 3.17. The number of aromatic nitrogens is 7. The zero-order valence-electron chi connectivity index (χ0n) is 14.1. The molecule has 5 aromatic rings. The molecule has 0 aliphatic carbocycles. The highest BCUT2D eigenvalue weighted by Crippen LogP contribution is 2.28. The van der Waals surface area contributed by atoms with E-state index in [1.807, 2.05) is 6.92 Å². The van der Waals surface area contributed by atoms with Crippen LogP contribution in [0, 0.1) is 12.7 Å². The summed E-state index contributed by atoms with van der Waals surface area (Å²) in [4.78, 5) is 21.3. The van der Waals surface area contributed by atoms with Gasteiger partial charge in [0.25, 0.3) is 5.56 Å². The molecular weight excluding hydrogens is 349 g/mol. The Bertz CT molecular complexity index is 1350. The lowest BCUT2D eigenvalue weighted by Crippen LogP contribution is -2.19. The van der Waals surface area contributed by atoms with Crippen LogP contribution in [0.2, 0.25) is 0 Å². The largest absolute Gasteiger partial charge is 0.268 e. The van der Waals surface area contributed by atoms with Crippen molar-refractivity contribution in [2.45, 2.75) is 6.92 Å². The number of aromatic amines is 1. The number of aryl methyl sites for hydroxylation is 1. The van der Waals surface area contributed by atoms with Gasteiger partial charge in [0.15, 0.2) is 5.65 Å². The molecule has 0 radical (unpaired) electrons. The third-order valence-electron chi connectivity index (χ3n) is 4.45. The molecule has 0 bridgehead atoms. The number of halogens is 1. The van der Waals surface area contributed by atoms with Crippen LogP contribution in [-0.4, -0.2) is 34.3 Å². The molecule has 0 unspecified atom stereocenters. The Morgan fingerprint density at radius 3 is 2.67 bits per heavy atom. The second kappa shape index (κ2) is 5.56. The Hall–Kier alpha value is -3.88. The van der Waals surface area contributed by atoms with E-state index in [4.69, 9.17) is 0 Å². The normalized spacial score (nSPS) is 11.5. The van der Waals surface area contributed by atoms with Crippen molar-refractivity contribution in [3.8, 4) is 17.1 Å². The van der Waals surface area contributed by atoms with Crippen LogP contribution in [0.4, 0.5) is 4.39 Å². The molecule has 0 saturated heterocycles. The maximum Gasteiger partial charge on any atom is 0.268 e. The lowest BCUT2D eigenvalue weighted by atomic mass is 10.1. The summed E-state index contributed by atoms with van der Waals surface area (Å²) < 4.78 is 16.3. The van der Waals surface area contributed by atoms with Crippen LogP contribution in [0.3, 0.4) is 0 Å². The zero-order valence-corrected chi connectivity index (χ0v) is 14.1. The monoisotopic (exact) mass is 361 g/mol. The van der Waals surface area contributed by atoms with Crippen molar-refractivity contribution in [3.05, 3.63) is 70.9 Å². The molecule has 4 heterocycles. The van der Waals surface area contributed by atoms with Crippen LogP contribution < -0.4 is 5.56 Å². The van der Waals surface area contributed by atoms with Gasteiger partial charge in [0.2, 0.25) is 5.95 Å². The van der Waals surface area contributed by atoms with Gasteiger partial charge in [0, 0.05) is 18.0 Å². The highest BCUT2D eigenvalue weighted by molar-refractivity contribution is 5.86. The fourth-order valence-corrected chi connectivity index (χ4v) is 3.21. The van der Waals surface area contributed by atoms with E-state index < -0.39 is 0 Å². The van der Waals surface area contributed by atoms with Gasteiger partial charge in [-0.15, -0.1) is 0 Å². The Morgan fingerprint density at radius 2 is 1.93 bits per heavy atom. The topological polar surface area (TPSA) is 93.8 Å². The Balaban J connectivity index is 1.79. The summed E-state index contributed by atoms with van der Waals surface area (Å²) in [6, 6.07) is 7.94. The summed E-state index contributed by atoms with van der Waals surface area (Å²) in [7, 11) is 0. The number of pyridine rings is 1. The molecule has 1 aromatic carbocycles. The van der Waals surface area contributed by atoms with Crippen molar-refractivity contribution < 1.29 is 4.39 Å². The molecule has 0 aliphatic heterocycles. The van der Waals surface area contributed by atoms with Crippen LogP contribution in [-0.2, 0) is 0 Å². The first-order valence-electron chi connectivity index (χ1n) is 8.15. The molecule has 0 spiro atoms. The van der Waals surface area contributed by atoms with Gasteiger partial charge in [-0.2, -0.15) is 15.2 Å². The SMILES string of the molecule is Cc1nn2c(ncc3c(=O)n(-c4ncn[nH]4)ccc32)c1-c1ccc(F)cc1. The molecule has 0 fully saturated rings. The summed E-state index contributed by atoms with van der Waals surface area (Å²) >= 11 is 0. The number of hydrogen-bond acceptors (Lipinski definition) is 5. The van der Waals surface area contributed by atoms with Gasteiger partial charge >= 0.3 is 0 Å². The number of rotatable bonds is 2. The van der Waals surface area contributed by atoms with Crippen molar-refractivity contribution in [2.24, 2.45) is 0 Å². The standard InChI is InChI=1S/C18H12FN7O/c1-10-15(11-2-4-12(19)5-3-11)16-20-8-13-14(26(16)24-10)6-7-25(17(13)27)18-21-9-22-23-18/h2-9H,1H3,(H,21,22,23). The highest BCUT2D eigenvalue weighted by atomic mass is 19.1. The fraction of sp³-hybridized carbons (Fsp3) is 0.0556. The number of fused-ring (bicyclic) bond motifs is 3. The lowest BCUT2D eigenvalue weighted by molar-refractivity contribution is 0.628. The number of benzene rings is 1. The third-order valence-corrected chi connectivity index (χ3v) is 4.45. The second-order valence-electron chi connectivity index (χ2n) is 6.06. The van der Waals surface area contributed by atoms with Crippen molar-refractivity contribution in [1.29, 1.82) is 0 Å². The first kappa shape index (κ1) is 15.4. The van der Waals surface area contributed by atoms with Gasteiger partial charge in [0.05, 0.1) is 16.6 Å². The summed E-state index contributed by atoms with van der Waals surface area (Å²) in [6.45, 7) is 1.86. The fourth-order valence-electron chi connectivity index (χ4n) is 3.21. The maximum atomic E-state index is 13.3. The molecule has 1 N–H and O–H groups in total. The van der Waals surface area contributed by atoms with Gasteiger partial charge in [-0.25, -0.2) is 19.0 Å². The van der Waals surface area contributed by atoms with Crippen molar-refractivity contribution >= 4 is 16.6 Å². The van der Waals surface area contributed by atoms with Crippen LogP contribution in [0.15, 0.2) is 53.8 Å². The van der Waals surface area contributed by atoms with Crippen LogP contribution in [0.5, 0.6) is 0 Å². The number of nitrogens with zero attached hydrogens (tertiary/aromatic N) is 6. The highest BCUT2D eigenvalue weighted by Gasteiger charge is 2.17. The molecule has 0 aliphatic rings. The van der Waals surface area contributed by atoms with Crippen LogP contribution in [0.25, 0.3) is 33.6 Å². The molecule has 27 heavy (non-hydrogen) atoms. The van der Waals surface area contributed by atoms with Gasteiger partial charge < -0.3 is 0 Å². The molecule has 4 aromatic heterocycles. The summed E-state index contributed by atoms with van der Waals surface area (Å²) in [5.74, 6) is 0.0184. The minimum absolute atomic E-state index is 0.282. The number of hydrogen-bond donors (Lipinski definition) is 1. The second-order valence-corrected chi connectivity index (χ2v) is 6.06. The molecule has 9 heteroatoms. The van der Waals surface area contributed by atoms with Gasteiger partial charge in [-0.05, 0) is 30.7 Å². The van der Waals surface area contributed by atoms with E-state index >= 15 is 0 Å². The van der Waals surface area contributed by atoms with Gasteiger partial charge in [-0.1, -0.05) is 12.1 Å². The maximum absolute atomic E-state index is 13.3. The average molecular weight is 361 g/mol. The quantitative estimate of drug-likeness (QED) is 0.521. The summed E-state index contributed by atoms with van der Waals surface area (Å²) in [6.07, 6.45) is 4.46. The van der Waals surface area contributed by atoms with Crippen LogP contribution in [0.1, 0.15) is 5.69 Å². The lowest BCUT2D eigenvalue weighted by Gasteiger charge is -2.05. The first-order chi connectivity index (χ1) is 13.1. The van der Waals surface area contributed by atoms with Crippen molar-refractivity contribution in [2.75, 3.05) is 0 Å². The van der Waals surface area contributed by atoms with E-state index in [9.17, 15) is 9.18 Å². The van der Waals surface area contributed by atoms with E-state index in [0.29, 0.717) is 22.5 Å². The number of H-pyrrole nitrogens is 1. The molecule has 5 rings (SSSR count). The Labute approximate surface area is 150 Å². The third kappa shape index (κ3) is 2.25. The van der Waals surface area contributed by atoms with E-state index in [2.05, 4.69) is 25.3 Å². The van der Waals surface area contributed by atoms with E-state index in [1.165, 1.54) is 29.2 Å². The summed E-state index contributed by atoms with van der Waals surface area (Å²) in [5.41, 5.74) is 3.29. The molecule has 8 nitrogen and oxygen atoms in total. The van der Waals surface area contributed by atoms with E-state index in [1.54, 1.807) is 28.9 Å². The first-order valence-corrected chi connectivity index (χ1v) is 8.15. The predicted molar refractivity (Wildman–Crippen MR) is 96.2 cm³/mol. The van der Waals surface area contributed by atoms with Gasteiger partial charge in [-0.3, -0.25) is 9.36 Å². The zero-order chi connectivity index (χ0) is 18.5. The van der Waals surface area contributed by atoms with Gasteiger partial charge in [0.1, 0.15) is 12.1 Å². The molecule has 132 valence electrons. The molecule has 0 atom stereocenters. The molecule has 0 amide bonds. The van der Waals surface area contributed by atoms with Crippen molar-refractivity contribution in [1.82, 2.24) is 34.3 Å². The number of nitrogens with one attached hydrogen (secondary N) is 1. The van der Waals surface area contributed by atoms with E-state index in [0.717, 1.165) is 16.8 Å². The Morgan fingerprint density at radius 1 is 1.11 bits per heavy atom. The smallest absolute Gasteiger partial charge is 0.268 e. The molecular formula is C18H12FN7O. The van der Waals surface area contributed by atoms with E-state index in [-0.39, 0.29) is 11.4 Å². The average Bonchev–Trinajstić information content (AvgIpc) is 3.30. The predicted octanol–water partition coefficient (Wildman–Crippen LogP) is 2.27. The van der Waals surface area contributed by atoms with Crippen molar-refractivity contribution in [3.63, 3.8) is 0 Å². The molecule has 0 saturated carbocycles. The minimum atomic E-state index is -0.306. The summed E-state index contributed by atoms with van der Waals surface area (Å²) in [5, 5.41) is 11.4. The minimum Gasteiger partial charge on any atom is -0.268 e. The van der Waals surface area contributed by atoms with Crippen LogP contribution >= 0.6 is 0 Å².